The van der Waals surface area contributed by atoms with Crippen LogP contribution in [0.3, 0.4) is 0 Å². The van der Waals surface area contributed by atoms with E-state index in [-0.39, 0.29) is 41.4 Å². The van der Waals surface area contributed by atoms with Gasteiger partial charge in [-0.15, -0.1) is 0 Å². The number of nitrogens with zero attached hydrogens (tertiary/aromatic N) is 1. The Morgan fingerprint density at radius 2 is 2.00 bits per heavy atom. The van der Waals surface area contributed by atoms with Crippen LogP contribution in [0.15, 0.2) is 0 Å². The number of hydrogen-bond acceptors (Lipinski definition) is 6. The van der Waals surface area contributed by atoms with E-state index in [4.69, 9.17) is 0 Å². The molecule has 0 saturated carbocycles. The number of thiol groups is 1. The number of hydrogen-bond donors (Lipinski definition) is 1. The van der Waals surface area contributed by atoms with Gasteiger partial charge in [-0.05, 0) is 24.9 Å². The second-order valence-electron chi connectivity index (χ2n) is 2.49. The Balaban J connectivity index is 0. The topological polar surface area (TPSA) is 60.4 Å². The van der Waals surface area contributed by atoms with Gasteiger partial charge in [0.1, 0.15) is 9.15 Å². The Hall–Kier alpha value is 1.57. The number of rotatable bonds is 5. The maximum atomic E-state index is 10.2. The van der Waals surface area contributed by atoms with Crippen LogP contribution in [0.25, 0.3) is 0 Å². The Morgan fingerprint density at radius 3 is 2.23 bits per heavy atom. The van der Waals surface area contributed by atoms with Crippen molar-refractivity contribution in [1.82, 2.24) is 4.90 Å². The Labute approximate surface area is 111 Å². The predicted octanol–water partition coefficient (Wildman–Crippen LogP) is -2.96. The molecule has 0 aliphatic carbocycles. The van der Waals surface area contributed by atoms with E-state index in [0.29, 0.717) is 16.5 Å². The van der Waals surface area contributed by atoms with Crippen molar-refractivity contribution < 1.29 is 42.5 Å². The van der Waals surface area contributed by atoms with E-state index < -0.39 is 9.15 Å². The predicted molar refractivity (Wildman–Crippen MR) is 53.5 cm³/mol. The van der Waals surface area contributed by atoms with Crippen LogP contribution < -0.4 is 29.6 Å². The van der Waals surface area contributed by atoms with E-state index in [1.54, 1.807) is 0 Å². The fourth-order valence-corrected chi connectivity index (χ4v) is 2.87. The second-order valence-corrected chi connectivity index (χ2v) is 6.18. The van der Waals surface area contributed by atoms with Gasteiger partial charge in [0.15, 0.2) is 0 Å². The van der Waals surface area contributed by atoms with Crippen LogP contribution in [0.1, 0.15) is 0 Å². The first kappa shape index (κ1) is 17.0. The second kappa shape index (κ2) is 7.81. The third-order valence-electron chi connectivity index (χ3n) is 1.35. The standard InChI is InChI=1S/C5H13NO3S3.Na/c1-6(2)5(3-10)4-11-12(7,8)9;/h5,10H,3-4H2,1-2H3,(H,7,8,9);/q;+1/p-1. The van der Waals surface area contributed by atoms with Gasteiger partial charge in [0.25, 0.3) is 0 Å². The van der Waals surface area contributed by atoms with Crippen LogP contribution in [0, 0.1) is 0 Å². The Kier molecular flexibility index (Phi) is 10.2. The van der Waals surface area contributed by atoms with E-state index in [1.807, 2.05) is 19.0 Å². The van der Waals surface area contributed by atoms with E-state index in [0.717, 1.165) is 0 Å². The van der Waals surface area contributed by atoms with Crippen LogP contribution in [0.2, 0.25) is 0 Å². The zero-order valence-electron chi connectivity index (χ0n) is 7.93. The molecule has 0 aromatic carbocycles. The van der Waals surface area contributed by atoms with Crippen LogP contribution in [0.5, 0.6) is 0 Å². The summed E-state index contributed by atoms with van der Waals surface area (Å²) in [6.07, 6.45) is 0. The minimum Gasteiger partial charge on any atom is -0.739 e. The molecule has 1 unspecified atom stereocenters. The van der Waals surface area contributed by atoms with Crippen molar-refractivity contribution in [3.63, 3.8) is 0 Å². The molecule has 0 aliphatic rings. The summed E-state index contributed by atoms with van der Waals surface area (Å²) in [5.41, 5.74) is 0. The third-order valence-corrected chi connectivity index (χ3v) is 3.85. The molecule has 0 aromatic rings. The van der Waals surface area contributed by atoms with Gasteiger partial charge in [0.2, 0.25) is 0 Å². The van der Waals surface area contributed by atoms with Gasteiger partial charge in [0.05, 0.1) is 0 Å². The third kappa shape index (κ3) is 9.86. The van der Waals surface area contributed by atoms with Crippen LogP contribution >= 0.6 is 23.4 Å². The summed E-state index contributed by atoms with van der Waals surface area (Å²) in [5.74, 6) is 0.803. The molecule has 0 rings (SSSR count). The molecule has 0 heterocycles. The molecule has 0 saturated heterocycles. The van der Waals surface area contributed by atoms with E-state index in [2.05, 4.69) is 12.6 Å². The van der Waals surface area contributed by atoms with Crippen LogP contribution in [0.4, 0.5) is 0 Å². The summed E-state index contributed by atoms with van der Waals surface area (Å²) in [5, 5.41) is 0. The maximum absolute atomic E-state index is 10.2. The smallest absolute Gasteiger partial charge is 0.739 e. The van der Waals surface area contributed by atoms with Crippen LogP contribution in [-0.2, 0) is 9.15 Å². The molecular weight excluding hydrogens is 241 g/mol. The Bertz CT molecular complexity index is 219. The first-order chi connectivity index (χ1) is 5.37. The molecule has 13 heavy (non-hydrogen) atoms. The van der Waals surface area contributed by atoms with Crippen LogP contribution in [-0.4, -0.2) is 49.5 Å². The fraction of sp³-hybridized carbons (Fsp3) is 1.00. The van der Waals surface area contributed by atoms with Gasteiger partial charge in [-0.2, -0.15) is 12.6 Å². The summed E-state index contributed by atoms with van der Waals surface area (Å²) < 4.78 is 30.7. The van der Waals surface area contributed by atoms with Gasteiger partial charge in [-0.1, -0.05) is 0 Å². The zero-order valence-corrected chi connectivity index (χ0v) is 12.5. The van der Waals surface area contributed by atoms with Gasteiger partial charge in [0, 0.05) is 17.5 Å². The van der Waals surface area contributed by atoms with Crippen molar-refractivity contribution in [2.45, 2.75) is 6.04 Å². The summed E-state index contributed by atoms with van der Waals surface area (Å²) >= 11 is 4.03. The first-order valence-electron chi connectivity index (χ1n) is 3.24. The van der Waals surface area contributed by atoms with E-state index in [9.17, 15) is 13.0 Å². The molecule has 0 spiro atoms. The quantitative estimate of drug-likeness (QED) is 0.246. The average Bonchev–Trinajstić information content (AvgIpc) is 1.85. The minimum atomic E-state index is -4.16. The molecule has 0 aromatic heterocycles. The molecule has 8 heteroatoms. The van der Waals surface area contributed by atoms with Crippen molar-refractivity contribution >= 4 is 32.6 Å². The molecular formula is C5H12NNaO3S3. The van der Waals surface area contributed by atoms with Gasteiger partial charge in [-0.3, -0.25) is 0 Å². The monoisotopic (exact) mass is 253 g/mol. The fourth-order valence-electron chi connectivity index (χ4n) is 0.527. The summed E-state index contributed by atoms with van der Waals surface area (Å²) in [4.78, 5) is 1.84. The average molecular weight is 253 g/mol. The van der Waals surface area contributed by atoms with Crippen molar-refractivity contribution in [1.29, 1.82) is 0 Å². The SMILES string of the molecule is CN(C)C(CS)CSS(=O)(=O)[O-].[Na+]. The van der Waals surface area contributed by atoms with Crippen molar-refractivity contribution in [3.05, 3.63) is 0 Å². The molecule has 0 radical (unpaired) electrons. The van der Waals surface area contributed by atoms with Crippen molar-refractivity contribution in [2.24, 2.45) is 0 Å². The maximum Gasteiger partial charge on any atom is 1.00 e. The van der Waals surface area contributed by atoms with Gasteiger partial charge < -0.3 is 9.45 Å². The van der Waals surface area contributed by atoms with Gasteiger partial charge >= 0.3 is 29.6 Å². The molecule has 1 atom stereocenters. The summed E-state index contributed by atoms with van der Waals surface area (Å²) in [7, 11) is -0.0994. The first-order valence-corrected chi connectivity index (χ1v) is 6.78. The summed E-state index contributed by atoms with van der Waals surface area (Å²) in [6.45, 7) is 0. The molecule has 74 valence electrons. The molecule has 0 bridgehead atoms. The molecule has 0 aliphatic heterocycles. The zero-order chi connectivity index (χ0) is 9.78. The van der Waals surface area contributed by atoms with Gasteiger partial charge in [-0.25, -0.2) is 8.42 Å². The molecule has 0 N–H and O–H groups in total. The molecule has 0 fully saturated rings. The Morgan fingerprint density at radius 1 is 1.54 bits per heavy atom. The largest absolute Gasteiger partial charge is 1.00 e. The van der Waals surface area contributed by atoms with E-state index in [1.165, 1.54) is 0 Å². The van der Waals surface area contributed by atoms with Crippen molar-refractivity contribution in [3.8, 4) is 0 Å². The summed E-state index contributed by atoms with van der Waals surface area (Å²) in [6, 6.07) is 0.0158. The normalized spacial score (nSPS) is 13.9. The van der Waals surface area contributed by atoms with E-state index >= 15 is 0 Å². The molecule has 4 nitrogen and oxygen atoms in total. The van der Waals surface area contributed by atoms with Crippen molar-refractivity contribution in [2.75, 3.05) is 25.6 Å². The minimum absolute atomic E-state index is 0. The molecule has 0 amide bonds.